The largest absolute Gasteiger partial charge is 0.376 e. The third-order valence-corrected chi connectivity index (χ3v) is 3.54. The van der Waals surface area contributed by atoms with Gasteiger partial charge in [-0.3, -0.25) is 4.79 Å². The van der Waals surface area contributed by atoms with Crippen molar-refractivity contribution in [3.8, 4) is 0 Å². The summed E-state index contributed by atoms with van der Waals surface area (Å²) in [6.45, 7) is 2.45. The fourth-order valence-electron chi connectivity index (χ4n) is 2.48. The number of halogens is 1. The molecule has 0 saturated carbocycles. The molecule has 1 saturated heterocycles. The van der Waals surface area contributed by atoms with Crippen LogP contribution in [0.25, 0.3) is 0 Å². The molecule has 0 bridgehead atoms. The second kappa shape index (κ2) is 8.95. The van der Waals surface area contributed by atoms with Crippen LogP contribution in [0.5, 0.6) is 0 Å². The Morgan fingerprint density at radius 1 is 1.35 bits per heavy atom. The van der Waals surface area contributed by atoms with Gasteiger partial charge in [0.1, 0.15) is 0 Å². The standard InChI is InChI=1S/C15H22N2O2.ClH/c16-11-14-7-4-9-17(14)15(18)8-10-19-12-13-5-2-1-3-6-13;/h1-3,5-6,14H,4,7-12,16H2;1H. The zero-order chi connectivity index (χ0) is 13.5. The maximum absolute atomic E-state index is 12.0. The third-order valence-electron chi connectivity index (χ3n) is 3.54. The number of ether oxygens (including phenoxy) is 1. The summed E-state index contributed by atoms with van der Waals surface area (Å²) in [7, 11) is 0. The maximum atomic E-state index is 12.0. The summed E-state index contributed by atoms with van der Waals surface area (Å²) in [6.07, 6.45) is 2.55. The van der Waals surface area contributed by atoms with Crippen LogP contribution in [0.3, 0.4) is 0 Å². The second-order valence-electron chi connectivity index (χ2n) is 4.91. The lowest BCUT2D eigenvalue weighted by Gasteiger charge is -2.23. The summed E-state index contributed by atoms with van der Waals surface area (Å²) in [5.74, 6) is 0.168. The first-order valence-electron chi connectivity index (χ1n) is 6.92. The van der Waals surface area contributed by atoms with Crippen LogP contribution in [0.15, 0.2) is 30.3 Å². The Hall–Kier alpha value is -1.10. The van der Waals surface area contributed by atoms with Gasteiger partial charge in [0.2, 0.25) is 5.91 Å². The molecule has 1 aliphatic heterocycles. The molecule has 2 N–H and O–H groups in total. The molecule has 1 fully saturated rings. The van der Waals surface area contributed by atoms with Crippen molar-refractivity contribution in [3.05, 3.63) is 35.9 Å². The molecule has 1 atom stereocenters. The Labute approximate surface area is 126 Å². The number of carbonyl (C=O) groups excluding carboxylic acids is 1. The van der Waals surface area contributed by atoms with Gasteiger partial charge in [-0.25, -0.2) is 0 Å². The number of benzene rings is 1. The first kappa shape index (κ1) is 17.0. The molecule has 0 aliphatic carbocycles. The Morgan fingerprint density at radius 3 is 2.80 bits per heavy atom. The van der Waals surface area contributed by atoms with E-state index < -0.39 is 0 Å². The van der Waals surface area contributed by atoms with Crippen LogP contribution >= 0.6 is 12.4 Å². The number of nitrogens with zero attached hydrogens (tertiary/aromatic N) is 1. The lowest BCUT2D eigenvalue weighted by molar-refractivity contribution is -0.133. The van der Waals surface area contributed by atoms with Crippen molar-refractivity contribution >= 4 is 18.3 Å². The molecule has 4 nitrogen and oxygen atoms in total. The van der Waals surface area contributed by atoms with Gasteiger partial charge in [-0.05, 0) is 18.4 Å². The summed E-state index contributed by atoms with van der Waals surface area (Å²) in [5, 5.41) is 0. The zero-order valence-corrected chi connectivity index (χ0v) is 12.5. The van der Waals surface area contributed by atoms with Crippen LogP contribution in [0, 0.1) is 0 Å². The molecule has 1 aliphatic rings. The highest BCUT2D eigenvalue weighted by Gasteiger charge is 2.26. The SMILES string of the molecule is Cl.NCC1CCCN1C(=O)CCOCc1ccccc1. The van der Waals surface area contributed by atoms with E-state index in [0.717, 1.165) is 24.9 Å². The van der Waals surface area contributed by atoms with Gasteiger partial charge in [-0.15, -0.1) is 12.4 Å². The van der Waals surface area contributed by atoms with E-state index in [0.29, 0.717) is 26.2 Å². The van der Waals surface area contributed by atoms with Crippen LogP contribution in [-0.4, -0.2) is 36.5 Å². The number of amides is 1. The van der Waals surface area contributed by atoms with Crippen LogP contribution in [0.2, 0.25) is 0 Å². The summed E-state index contributed by atoms with van der Waals surface area (Å²) < 4.78 is 5.54. The molecule has 5 heteroatoms. The Bertz CT molecular complexity index is 400. The Morgan fingerprint density at radius 2 is 2.10 bits per heavy atom. The first-order chi connectivity index (χ1) is 9.31. The number of hydrogen-bond donors (Lipinski definition) is 1. The molecule has 0 aromatic heterocycles. The van der Waals surface area contributed by atoms with Crippen molar-refractivity contribution in [1.29, 1.82) is 0 Å². The van der Waals surface area contributed by atoms with Crippen LogP contribution < -0.4 is 5.73 Å². The van der Waals surface area contributed by atoms with E-state index in [2.05, 4.69) is 0 Å². The number of nitrogens with two attached hydrogens (primary N) is 1. The quantitative estimate of drug-likeness (QED) is 0.817. The number of hydrogen-bond acceptors (Lipinski definition) is 3. The van der Waals surface area contributed by atoms with Gasteiger partial charge < -0.3 is 15.4 Å². The summed E-state index contributed by atoms with van der Waals surface area (Å²) in [4.78, 5) is 13.9. The molecule has 1 heterocycles. The Kier molecular flexibility index (Phi) is 7.59. The molecule has 112 valence electrons. The fourth-order valence-corrected chi connectivity index (χ4v) is 2.48. The lowest BCUT2D eigenvalue weighted by atomic mass is 10.2. The molecule has 1 amide bonds. The molecule has 1 unspecified atom stereocenters. The minimum atomic E-state index is 0. The maximum Gasteiger partial charge on any atom is 0.225 e. The van der Waals surface area contributed by atoms with E-state index in [-0.39, 0.29) is 24.4 Å². The summed E-state index contributed by atoms with van der Waals surface area (Å²) >= 11 is 0. The molecular formula is C15H23ClN2O2. The van der Waals surface area contributed by atoms with Crippen molar-refractivity contribution in [2.75, 3.05) is 19.7 Å². The lowest BCUT2D eigenvalue weighted by Crippen LogP contribution is -2.40. The van der Waals surface area contributed by atoms with E-state index in [1.807, 2.05) is 35.2 Å². The van der Waals surface area contributed by atoms with Crippen LogP contribution in [-0.2, 0) is 16.1 Å². The van der Waals surface area contributed by atoms with Gasteiger partial charge in [0.25, 0.3) is 0 Å². The highest BCUT2D eigenvalue weighted by Crippen LogP contribution is 2.17. The zero-order valence-electron chi connectivity index (χ0n) is 11.7. The predicted molar refractivity (Wildman–Crippen MR) is 81.8 cm³/mol. The van der Waals surface area contributed by atoms with E-state index in [1.165, 1.54) is 0 Å². The minimum Gasteiger partial charge on any atom is -0.376 e. The number of likely N-dealkylation sites (tertiary alicyclic amines) is 1. The Balaban J connectivity index is 0.00000200. The monoisotopic (exact) mass is 298 g/mol. The van der Waals surface area contributed by atoms with E-state index >= 15 is 0 Å². The topological polar surface area (TPSA) is 55.6 Å². The van der Waals surface area contributed by atoms with Gasteiger partial charge in [0.15, 0.2) is 0 Å². The van der Waals surface area contributed by atoms with Crippen molar-refractivity contribution in [1.82, 2.24) is 4.90 Å². The first-order valence-corrected chi connectivity index (χ1v) is 6.92. The van der Waals surface area contributed by atoms with Crippen molar-refractivity contribution in [2.24, 2.45) is 5.73 Å². The molecule has 2 rings (SSSR count). The summed E-state index contributed by atoms with van der Waals surface area (Å²) in [6, 6.07) is 10.2. The fraction of sp³-hybridized carbons (Fsp3) is 0.533. The average Bonchev–Trinajstić information content (AvgIpc) is 2.93. The van der Waals surface area contributed by atoms with E-state index in [9.17, 15) is 4.79 Å². The highest BCUT2D eigenvalue weighted by atomic mass is 35.5. The van der Waals surface area contributed by atoms with E-state index in [4.69, 9.17) is 10.5 Å². The van der Waals surface area contributed by atoms with Crippen molar-refractivity contribution in [3.63, 3.8) is 0 Å². The van der Waals surface area contributed by atoms with Gasteiger partial charge in [-0.2, -0.15) is 0 Å². The van der Waals surface area contributed by atoms with Crippen LogP contribution in [0.1, 0.15) is 24.8 Å². The van der Waals surface area contributed by atoms with E-state index in [1.54, 1.807) is 0 Å². The average molecular weight is 299 g/mol. The second-order valence-corrected chi connectivity index (χ2v) is 4.91. The normalized spacial score (nSPS) is 17.9. The van der Waals surface area contributed by atoms with Crippen molar-refractivity contribution < 1.29 is 9.53 Å². The van der Waals surface area contributed by atoms with Gasteiger partial charge in [0, 0.05) is 19.1 Å². The molecule has 0 radical (unpaired) electrons. The molecule has 20 heavy (non-hydrogen) atoms. The molecular weight excluding hydrogens is 276 g/mol. The van der Waals surface area contributed by atoms with Gasteiger partial charge in [-0.1, -0.05) is 30.3 Å². The van der Waals surface area contributed by atoms with Crippen molar-refractivity contribution in [2.45, 2.75) is 31.9 Å². The van der Waals surface area contributed by atoms with Crippen LogP contribution in [0.4, 0.5) is 0 Å². The minimum absolute atomic E-state index is 0. The number of rotatable bonds is 6. The van der Waals surface area contributed by atoms with Gasteiger partial charge >= 0.3 is 0 Å². The third kappa shape index (κ3) is 4.78. The summed E-state index contributed by atoms with van der Waals surface area (Å²) in [5.41, 5.74) is 6.80. The molecule has 1 aromatic carbocycles. The van der Waals surface area contributed by atoms with Gasteiger partial charge in [0.05, 0.1) is 19.6 Å². The predicted octanol–water partition coefficient (Wildman–Crippen LogP) is 1.96. The molecule has 1 aromatic rings. The number of carbonyl (C=O) groups is 1. The highest BCUT2D eigenvalue weighted by molar-refractivity contribution is 5.85. The smallest absolute Gasteiger partial charge is 0.225 e. The molecule has 0 spiro atoms.